The number of rotatable bonds is 5. The summed E-state index contributed by atoms with van der Waals surface area (Å²) in [5.74, 6) is 0.383. The molecule has 0 bridgehead atoms. The van der Waals surface area contributed by atoms with E-state index in [1.165, 1.54) is 9.70 Å². The van der Waals surface area contributed by atoms with Gasteiger partial charge < -0.3 is 9.84 Å². The van der Waals surface area contributed by atoms with Gasteiger partial charge in [0.05, 0.1) is 20.2 Å². The number of cyclic esters (lactones) is 1. The fraction of sp³-hybridized carbons (Fsp3) is 0.583. The van der Waals surface area contributed by atoms with Crippen LogP contribution in [-0.4, -0.2) is 67.4 Å². The third-order valence-electron chi connectivity index (χ3n) is 2.94. The Morgan fingerprint density at radius 3 is 2.95 bits per heavy atom. The van der Waals surface area contributed by atoms with E-state index in [9.17, 15) is 4.79 Å². The fourth-order valence-corrected chi connectivity index (χ4v) is 1.93. The number of tetrazole rings is 1. The largest absolute Gasteiger partial charge is 0.442 e. The van der Waals surface area contributed by atoms with Gasteiger partial charge in [-0.2, -0.15) is 4.80 Å². The van der Waals surface area contributed by atoms with Crippen molar-refractivity contribution >= 4 is 11.8 Å². The molecule has 1 unspecified atom stereocenters. The highest BCUT2D eigenvalue weighted by Gasteiger charge is 2.34. The lowest BCUT2D eigenvalue weighted by Gasteiger charge is -2.18. The average Bonchev–Trinajstić information content (AvgIpc) is 3.04. The lowest BCUT2D eigenvalue weighted by atomic mass is 10.3. The second kappa shape index (κ2) is 6.44. The predicted octanol–water partition coefficient (Wildman–Crippen LogP) is -0.266. The fourth-order valence-electron chi connectivity index (χ4n) is 1.93. The normalized spacial score (nSPS) is 21.1. The van der Waals surface area contributed by atoms with Crippen molar-refractivity contribution in [2.45, 2.75) is 26.1 Å². The van der Waals surface area contributed by atoms with Crippen molar-refractivity contribution in [2.24, 2.45) is 12.0 Å². The second-order valence-corrected chi connectivity index (χ2v) is 4.59. The molecule has 2 rings (SSSR count). The molecule has 2 heterocycles. The summed E-state index contributed by atoms with van der Waals surface area (Å²) >= 11 is 0. The number of hydrogen-bond acceptors (Lipinski definition) is 7. The third-order valence-corrected chi connectivity index (χ3v) is 2.94. The zero-order valence-corrected chi connectivity index (χ0v) is 12.2. The van der Waals surface area contributed by atoms with Gasteiger partial charge in [0.25, 0.3) is 0 Å². The van der Waals surface area contributed by atoms with E-state index in [1.807, 2.05) is 6.92 Å². The van der Waals surface area contributed by atoms with Crippen LogP contribution in [0.1, 0.15) is 19.7 Å². The summed E-state index contributed by atoms with van der Waals surface area (Å²) in [6.07, 6.45) is 2.11. The van der Waals surface area contributed by atoms with Crippen molar-refractivity contribution in [3.05, 3.63) is 18.0 Å². The summed E-state index contributed by atoms with van der Waals surface area (Å²) < 4.78 is 5.00. The van der Waals surface area contributed by atoms with Crippen LogP contribution in [0, 0.1) is 0 Å². The molecule has 1 aromatic heterocycles. The minimum absolute atomic E-state index is 0.202. The van der Waals surface area contributed by atoms with Gasteiger partial charge in [-0.05, 0) is 25.1 Å². The van der Waals surface area contributed by atoms with Crippen molar-refractivity contribution in [2.75, 3.05) is 13.2 Å². The molecule has 1 aromatic rings. The van der Waals surface area contributed by atoms with Crippen molar-refractivity contribution in [3.8, 4) is 0 Å². The maximum absolute atomic E-state index is 11.7. The van der Waals surface area contributed by atoms with E-state index in [4.69, 9.17) is 9.84 Å². The molecular weight excluding hydrogens is 276 g/mol. The Morgan fingerprint density at radius 2 is 2.43 bits per heavy atom. The minimum atomic E-state index is -0.505. The highest BCUT2D eigenvalue weighted by Crippen LogP contribution is 2.15. The van der Waals surface area contributed by atoms with Crippen LogP contribution in [0.5, 0.6) is 0 Å². The first-order valence-electron chi connectivity index (χ1n) is 6.58. The van der Waals surface area contributed by atoms with Crippen molar-refractivity contribution in [1.29, 1.82) is 0 Å². The van der Waals surface area contributed by atoms with E-state index in [0.717, 1.165) is 0 Å². The Hall–Kier alpha value is -2.29. The second-order valence-electron chi connectivity index (χ2n) is 4.59. The zero-order chi connectivity index (χ0) is 15.4. The predicted molar refractivity (Wildman–Crippen MR) is 73.7 cm³/mol. The zero-order valence-electron chi connectivity index (χ0n) is 12.2. The standard InChI is InChI=1S/C12H18N6O3/c1-4-5-10(11-14-16-17(3)15-11)13-8(2)18-6-9(7-19)21-12(18)20/h4-5,8-9,19H,6-7H2,1-3H3/b5-4-,13-10+/t8?,9-/m1/s1. The summed E-state index contributed by atoms with van der Waals surface area (Å²) in [7, 11) is 1.66. The van der Waals surface area contributed by atoms with Crippen molar-refractivity contribution < 1.29 is 14.6 Å². The van der Waals surface area contributed by atoms with Crippen LogP contribution in [0.2, 0.25) is 0 Å². The molecule has 114 valence electrons. The van der Waals surface area contributed by atoms with E-state index in [2.05, 4.69) is 20.4 Å². The van der Waals surface area contributed by atoms with E-state index in [-0.39, 0.29) is 6.61 Å². The molecule has 0 aliphatic carbocycles. The number of aryl methyl sites for hydroxylation is 1. The van der Waals surface area contributed by atoms with Gasteiger partial charge in [0.1, 0.15) is 18.0 Å². The first kappa shape index (κ1) is 15.1. The number of ether oxygens (including phenoxy) is 1. The van der Waals surface area contributed by atoms with Crippen LogP contribution in [0.15, 0.2) is 17.1 Å². The van der Waals surface area contributed by atoms with Crippen LogP contribution in [0.4, 0.5) is 4.79 Å². The number of hydrogen-bond donors (Lipinski definition) is 1. The molecule has 9 heteroatoms. The lowest BCUT2D eigenvalue weighted by molar-refractivity contribution is 0.0942. The number of aliphatic hydroxyl groups is 1. The van der Waals surface area contributed by atoms with Crippen molar-refractivity contribution in [1.82, 2.24) is 25.1 Å². The smallest absolute Gasteiger partial charge is 0.412 e. The molecule has 9 nitrogen and oxygen atoms in total. The summed E-state index contributed by atoms with van der Waals surface area (Å²) in [4.78, 5) is 19.0. The molecule has 21 heavy (non-hydrogen) atoms. The number of carbonyl (C=O) groups is 1. The summed E-state index contributed by atoms with van der Waals surface area (Å²) in [6.45, 7) is 3.71. The Morgan fingerprint density at radius 1 is 1.67 bits per heavy atom. The van der Waals surface area contributed by atoms with Crippen LogP contribution in [0.25, 0.3) is 0 Å². The van der Waals surface area contributed by atoms with Gasteiger partial charge >= 0.3 is 6.09 Å². The maximum atomic E-state index is 11.7. The maximum Gasteiger partial charge on any atom is 0.412 e. The van der Waals surface area contributed by atoms with Gasteiger partial charge in [-0.25, -0.2) is 4.79 Å². The molecular formula is C12H18N6O3. The number of nitrogens with zero attached hydrogens (tertiary/aromatic N) is 6. The number of allylic oxidation sites excluding steroid dienone is 2. The summed E-state index contributed by atoms with van der Waals surface area (Å²) in [5.41, 5.74) is 0.526. The highest BCUT2D eigenvalue weighted by molar-refractivity contribution is 6.05. The minimum Gasteiger partial charge on any atom is -0.442 e. The third kappa shape index (κ3) is 3.43. The number of aliphatic hydroxyl groups excluding tert-OH is 1. The van der Waals surface area contributed by atoms with E-state index >= 15 is 0 Å². The quantitative estimate of drug-likeness (QED) is 0.750. The molecule has 0 spiro atoms. The van der Waals surface area contributed by atoms with Crippen LogP contribution in [0.3, 0.4) is 0 Å². The molecule has 1 aliphatic rings. The van der Waals surface area contributed by atoms with E-state index < -0.39 is 18.4 Å². The van der Waals surface area contributed by atoms with Gasteiger partial charge in [-0.3, -0.25) is 9.89 Å². The highest BCUT2D eigenvalue weighted by atomic mass is 16.6. The average molecular weight is 294 g/mol. The topological polar surface area (TPSA) is 106 Å². The summed E-state index contributed by atoms with van der Waals surface area (Å²) in [5, 5.41) is 20.8. The molecule has 2 atom stereocenters. The Kier molecular flexibility index (Phi) is 4.63. The first-order valence-corrected chi connectivity index (χ1v) is 6.58. The van der Waals surface area contributed by atoms with E-state index in [0.29, 0.717) is 18.1 Å². The molecule has 1 N–H and O–H groups in total. The van der Waals surface area contributed by atoms with Gasteiger partial charge in [0.2, 0.25) is 5.82 Å². The molecule has 1 saturated heterocycles. The van der Waals surface area contributed by atoms with Crippen LogP contribution >= 0.6 is 0 Å². The summed E-state index contributed by atoms with van der Waals surface area (Å²) in [6, 6.07) is 0. The van der Waals surface area contributed by atoms with Gasteiger partial charge in [-0.1, -0.05) is 6.08 Å². The Bertz CT molecular complexity index is 567. The number of amides is 1. The Balaban J connectivity index is 2.20. The molecule has 1 aliphatic heterocycles. The first-order chi connectivity index (χ1) is 10.0. The molecule has 1 amide bonds. The van der Waals surface area contributed by atoms with Gasteiger partial charge in [0.15, 0.2) is 0 Å². The van der Waals surface area contributed by atoms with E-state index in [1.54, 1.807) is 26.1 Å². The van der Waals surface area contributed by atoms with Gasteiger partial charge in [-0.15, -0.1) is 10.2 Å². The number of carbonyl (C=O) groups excluding carboxylic acids is 1. The van der Waals surface area contributed by atoms with Gasteiger partial charge in [0, 0.05) is 0 Å². The molecule has 0 radical (unpaired) electrons. The van der Waals surface area contributed by atoms with Crippen LogP contribution in [-0.2, 0) is 11.8 Å². The molecule has 1 fully saturated rings. The lowest BCUT2D eigenvalue weighted by Crippen LogP contribution is -2.34. The molecule has 0 aromatic carbocycles. The van der Waals surface area contributed by atoms with Crippen molar-refractivity contribution in [3.63, 3.8) is 0 Å². The monoisotopic (exact) mass is 294 g/mol. The molecule has 0 saturated carbocycles. The SMILES string of the molecule is C/C=C\C(=N/C(C)N1C[C@H](CO)OC1=O)c1nnn(C)n1. The Labute approximate surface area is 121 Å². The number of aliphatic imine (C=N–C) groups is 1. The van der Waals surface area contributed by atoms with Crippen LogP contribution < -0.4 is 0 Å². The number of aromatic nitrogens is 4.